The predicted molar refractivity (Wildman–Crippen MR) is 81.8 cm³/mol. The molecule has 0 aliphatic heterocycles. The standard InChI is InChI=1S/C16H34N2O/c1-5-8-13(3)11-15(18-17)16(19-6-2)10-7-9-14(4)12-16/h13-15,18H,5-12,17H2,1-4H3. The molecule has 0 aromatic rings. The second-order valence-corrected chi connectivity index (χ2v) is 6.55. The highest BCUT2D eigenvalue weighted by Gasteiger charge is 2.42. The van der Waals surface area contributed by atoms with E-state index in [-0.39, 0.29) is 11.6 Å². The molecular formula is C16H34N2O. The largest absolute Gasteiger partial charge is 0.374 e. The van der Waals surface area contributed by atoms with Crippen molar-refractivity contribution in [2.24, 2.45) is 17.7 Å². The van der Waals surface area contributed by atoms with Gasteiger partial charge in [-0.15, -0.1) is 0 Å². The minimum absolute atomic E-state index is 0.0385. The molecule has 3 nitrogen and oxygen atoms in total. The second kappa shape index (κ2) is 8.23. The van der Waals surface area contributed by atoms with E-state index in [4.69, 9.17) is 10.6 Å². The Morgan fingerprint density at radius 2 is 2.16 bits per heavy atom. The zero-order chi connectivity index (χ0) is 14.3. The molecule has 1 aliphatic carbocycles. The van der Waals surface area contributed by atoms with Crippen LogP contribution in [0.3, 0.4) is 0 Å². The first-order chi connectivity index (χ1) is 9.07. The maximum absolute atomic E-state index is 6.23. The predicted octanol–water partition coefficient (Wildman–Crippen LogP) is 3.63. The summed E-state index contributed by atoms with van der Waals surface area (Å²) >= 11 is 0. The van der Waals surface area contributed by atoms with E-state index in [1.54, 1.807) is 0 Å². The van der Waals surface area contributed by atoms with Gasteiger partial charge in [-0.25, -0.2) is 0 Å². The Hall–Kier alpha value is -0.120. The summed E-state index contributed by atoms with van der Waals surface area (Å²) < 4.78 is 6.23. The average Bonchev–Trinajstić information content (AvgIpc) is 2.36. The summed E-state index contributed by atoms with van der Waals surface area (Å²) in [6.07, 6.45) is 8.54. The molecule has 0 heterocycles. The lowest BCUT2D eigenvalue weighted by molar-refractivity contribution is -0.104. The van der Waals surface area contributed by atoms with E-state index < -0.39 is 0 Å². The zero-order valence-corrected chi connectivity index (χ0v) is 13.4. The summed E-state index contributed by atoms with van der Waals surface area (Å²) in [6.45, 7) is 9.81. The van der Waals surface area contributed by atoms with Gasteiger partial charge in [0.2, 0.25) is 0 Å². The Morgan fingerprint density at radius 1 is 1.42 bits per heavy atom. The van der Waals surface area contributed by atoms with Gasteiger partial charge in [-0.2, -0.15) is 0 Å². The molecule has 4 atom stereocenters. The number of ether oxygens (including phenoxy) is 1. The highest BCUT2D eigenvalue weighted by atomic mass is 16.5. The molecule has 114 valence electrons. The number of hydrogen-bond donors (Lipinski definition) is 2. The van der Waals surface area contributed by atoms with Gasteiger partial charge in [0, 0.05) is 6.61 Å². The fraction of sp³-hybridized carbons (Fsp3) is 1.00. The fourth-order valence-corrected chi connectivity index (χ4v) is 3.83. The van der Waals surface area contributed by atoms with Crippen LogP contribution in [0.5, 0.6) is 0 Å². The molecule has 0 aromatic heterocycles. The SMILES string of the molecule is CCCC(C)CC(NN)C1(OCC)CCCC(C)C1. The lowest BCUT2D eigenvalue weighted by Crippen LogP contribution is -2.57. The van der Waals surface area contributed by atoms with Crippen molar-refractivity contribution in [3.63, 3.8) is 0 Å². The first-order valence-electron chi connectivity index (χ1n) is 8.18. The molecule has 1 fully saturated rings. The summed E-state index contributed by atoms with van der Waals surface area (Å²) in [6, 6.07) is 0.289. The first-order valence-corrected chi connectivity index (χ1v) is 8.18. The molecular weight excluding hydrogens is 236 g/mol. The molecule has 0 bridgehead atoms. The highest BCUT2D eigenvalue weighted by Crippen LogP contribution is 2.39. The van der Waals surface area contributed by atoms with E-state index in [0.717, 1.165) is 31.8 Å². The molecule has 0 spiro atoms. The minimum atomic E-state index is -0.0385. The van der Waals surface area contributed by atoms with E-state index >= 15 is 0 Å². The van der Waals surface area contributed by atoms with Crippen molar-refractivity contribution < 1.29 is 4.74 Å². The number of hydrogen-bond acceptors (Lipinski definition) is 3. The normalized spacial score (nSPS) is 31.1. The Balaban J connectivity index is 2.75. The van der Waals surface area contributed by atoms with Crippen molar-refractivity contribution in [2.45, 2.75) is 84.3 Å². The molecule has 1 rings (SSSR count). The molecule has 0 radical (unpaired) electrons. The number of nitrogens with two attached hydrogens (primary N) is 1. The molecule has 19 heavy (non-hydrogen) atoms. The van der Waals surface area contributed by atoms with E-state index in [0.29, 0.717) is 5.92 Å². The average molecular weight is 270 g/mol. The van der Waals surface area contributed by atoms with Crippen LogP contribution in [0.25, 0.3) is 0 Å². The third kappa shape index (κ3) is 4.73. The van der Waals surface area contributed by atoms with E-state index in [1.165, 1.54) is 25.7 Å². The van der Waals surface area contributed by atoms with Crippen LogP contribution in [0.4, 0.5) is 0 Å². The van der Waals surface area contributed by atoms with Crippen molar-refractivity contribution in [3.05, 3.63) is 0 Å². The van der Waals surface area contributed by atoms with Gasteiger partial charge in [-0.3, -0.25) is 11.3 Å². The lowest BCUT2D eigenvalue weighted by Gasteiger charge is -2.45. The van der Waals surface area contributed by atoms with Crippen molar-refractivity contribution in [1.29, 1.82) is 0 Å². The Labute approximate surface area is 119 Å². The van der Waals surface area contributed by atoms with Crippen molar-refractivity contribution >= 4 is 0 Å². The van der Waals surface area contributed by atoms with E-state index in [9.17, 15) is 0 Å². The summed E-state index contributed by atoms with van der Waals surface area (Å²) in [5.74, 6) is 7.34. The Morgan fingerprint density at radius 3 is 2.68 bits per heavy atom. The van der Waals surface area contributed by atoms with Gasteiger partial charge in [0.15, 0.2) is 0 Å². The van der Waals surface area contributed by atoms with Gasteiger partial charge < -0.3 is 4.74 Å². The third-order valence-electron chi connectivity index (χ3n) is 4.68. The Kier molecular flexibility index (Phi) is 7.33. The van der Waals surface area contributed by atoms with Crippen molar-refractivity contribution in [1.82, 2.24) is 5.43 Å². The molecule has 4 unspecified atom stereocenters. The van der Waals surface area contributed by atoms with Crippen LogP contribution >= 0.6 is 0 Å². The molecule has 0 amide bonds. The highest BCUT2D eigenvalue weighted by molar-refractivity contribution is 4.96. The number of rotatable bonds is 8. The van der Waals surface area contributed by atoms with Crippen LogP contribution in [0.1, 0.15) is 72.6 Å². The quantitative estimate of drug-likeness (QED) is 0.523. The van der Waals surface area contributed by atoms with Crippen LogP contribution in [0.15, 0.2) is 0 Å². The van der Waals surface area contributed by atoms with Gasteiger partial charge in [0.1, 0.15) is 0 Å². The minimum Gasteiger partial charge on any atom is -0.374 e. The Bertz CT molecular complexity index is 243. The molecule has 0 saturated heterocycles. The third-order valence-corrected chi connectivity index (χ3v) is 4.68. The maximum atomic E-state index is 6.23. The van der Waals surface area contributed by atoms with Crippen LogP contribution in [0.2, 0.25) is 0 Å². The summed E-state index contributed by atoms with van der Waals surface area (Å²) in [5, 5.41) is 0. The van der Waals surface area contributed by atoms with Crippen molar-refractivity contribution in [3.8, 4) is 0 Å². The van der Waals surface area contributed by atoms with Gasteiger partial charge in [-0.1, -0.05) is 46.5 Å². The molecule has 0 aromatic carbocycles. The van der Waals surface area contributed by atoms with Gasteiger partial charge >= 0.3 is 0 Å². The summed E-state index contributed by atoms with van der Waals surface area (Å²) in [5.41, 5.74) is 3.04. The second-order valence-electron chi connectivity index (χ2n) is 6.55. The first kappa shape index (κ1) is 16.9. The smallest absolute Gasteiger partial charge is 0.0850 e. The lowest BCUT2D eigenvalue weighted by atomic mass is 9.72. The zero-order valence-electron chi connectivity index (χ0n) is 13.4. The molecule has 1 saturated carbocycles. The van der Waals surface area contributed by atoms with E-state index in [2.05, 4.69) is 33.1 Å². The van der Waals surface area contributed by atoms with Gasteiger partial charge in [-0.05, 0) is 38.0 Å². The van der Waals surface area contributed by atoms with Gasteiger partial charge in [0.05, 0.1) is 11.6 Å². The molecule has 1 aliphatic rings. The van der Waals surface area contributed by atoms with Crippen LogP contribution < -0.4 is 11.3 Å². The topological polar surface area (TPSA) is 47.3 Å². The van der Waals surface area contributed by atoms with Crippen LogP contribution in [0, 0.1) is 11.8 Å². The summed E-state index contributed by atoms with van der Waals surface area (Å²) in [7, 11) is 0. The van der Waals surface area contributed by atoms with Crippen molar-refractivity contribution in [2.75, 3.05) is 6.61 Å². The fourth-order valence-electron chi connectivity index (χ4n) is 3.83. The van der Waals surface area contributed by atoms with Crippen LogP contribution in [-0.2, 0) is 4.74 Å². The summed E-state index contributed by atoms with van der Waals surface area (Å²) in [4.78, 5) is 0. The number of hydrazine groups is 1. The monoisotopic (exact) mass is 270 g/mol. The molecule has 3 heteroatoms. The number of nitrogens with one attached hydrogen (secondary N) is 1. The van der Waals surface area contributed by atoms with Gasteiger partial charge in [0.25, 0.3) is 0 Å². The van der Waals surface area contributed by atoms with E-state index in [1.807, 2.05) is 0 Å². The maximum Gasteiger partial charge on any atom is 0.0850 e. The van der Waals surface area contributed by atoms with Crippen LogP contribution in [-0.4, -0.2) is 18.2 Å². The molecule has 3 N–H and O–H groups in total.